The van der Waals surface area contributed by atoms with Crippen LogP contribution in [-0.2, 0) is 32.1 Å². The van der Waals surface area contributed by atoms with Crippen LogP contribution in [0.15, 0.2) is 46.9 Å². The minimum absolute atomic E-state index is 0.104. The summed E-state index contributed by atoms with van der Waals surface area (Å²) < 4.78 is 23.2. The molecule has 1 aliphatic carbocycles. The molecule has 2 amide bonds. The summed E-state index contributed by atoms with van der Waals surface area (Å²) >= 11 is 0. The van der Waals surface area contributed by atoms with Crippen LogP contribution in [0.1, 0.15) is 55.9 Å². The monoisotopic (exact) mass is 619 g/mol. The van der Waals surface area contributed by atoms with Crippen LogP contribution in [0.3, 0.4) is 0 Å². The molecule has 1 aromatic heterocycles. The SMILES string of the molecule is CCOC(=O)C1(CC2CC2)CNC(=O)CCCN(Cc2oc3ccccc3c2C)CCNC(=O)COc2cc(ccc2OC)C1. The zero-order valence-electron chi connectivity index (χ0n) is 26.6. The van der Waals surface area contributed by atoms with Crippen molar-refractivity contribution in [3.05, 3.63) is 59.4 Å². The number of nitrogens with one attached hydrogen (secondary N) is 2. The van der Waals surface area contributed by atoms with Gasteiger partial charge in [-0.15, -0.1) is 0 Å². The number of ether oxygens (including phenoxy) is 3. The lowest BCUT2D eigenvalue weighted by Crippen LogP contribution is -2.46. The molecule has 2 bridgehead atoms. The fraction of sp³-hybridized carbons (Fsp3) is 0.514. The lowest BCUT2D eigenvalue weighted by Gasteiger charge is -2.32. The van der Waals surface area contributed by atoms with Gasteiger partial charge in [0.1, 0.15) is 11.3 Å². The number of hydrogen-bond acceptors (Lipinski definition) is 8. The van der Waals surface area contributed by atoms with Gasteiger partial charge in [-0.1, -0.05) is 37.1 Å². The third-order valence-corrected chi connectivity index (χ3v) is 8.78. The second kappa shape index (κ2) is 14.8. The molecule has 10 heteroatoms. The van der Waals surface area contributed by atoms with Gasteiger partial charge in [-0.05, 0) is 74.9 Å². The molecule has 2 aliphatic rings. The Labute approximate surface area is 264 Å². The van der Waals surface area contributed by atoms with Gasteiger partial charge in [0.25, 0.3) is 5.91 Å². The number of furan rings is 1. The first-order chi connectivity index (χ1) is 21.8. The van der Waals surface area contributed by atoms with Gasteiger partial charge < -0.3 is 29.3 Å². The van der Waals surface area contributed by atoms with Gasteiger partial charge in [-0.25, -0.2) is 0 Å². The molecule has 1 unspecified atom stereocenters. The summed E-state index contributed by atoms with van der Waals surface area (Å²) in [6.07, 6.45) is 4.02. The Bertz CT molecular complexity index is 1500. The molecule has 5 rings (SSSR count). The van der Waals surface area contributed by atoms with Gasteiger partial charge in [0.05, 0.1) is 25.7 Å². The van der Waals surface area contributed by atoms with Crippen LogP contribution in [0.4, 0.5) is 0 Å². The van der Waals surface area contributed by atoms with Gasteiger partial charge in [0.2, 0.25) is 5.91 Å². The van der Waals surface area contributed by atoms with Crippen molar-refractivity contribution in [2.45, 2.75) is 58.9 Å². The fourth-order valence-electron chi connectivity index (χ4n) is 6.14. The van der Waals surface area contributed by atoms with Gasteiger partial charge in [0, 0.05) is 31.4 Å². The van der Waals surface area contributed by atoms with E-state index >= 15 is 0 Å². The van der Waals surface area contributed by atoms with E-state index in [9.17, 15) is 14.4 Å². The van der Waals surface area contributed by atoms with Crippen LogP contribution < -0.4 is 20.1 Å². The first-order valence-electron chi connectivity index (χ1n) is 16.0. The van der Waals surface area contributed by atoms with Crippen molar-refractivity contribution < 1.29 is 33.0 Å². The van der Waals surface area contributed by atoms with E-state index in [1.54, 1.807) is 20.1 Å². The second-order valence-corrected chi connectivity index (χ2v) is 12.3. The standard InChI is InChI=1S/C35H45N3O7/c1-4-43-34(41)35(19-25-11-12-25)20-26-13-14-29(42-3)30(18-26)44-22-33(40)36-15-17-38(16-7-10-32(39)37-23-35)21-31-24(2)27-8-5-6-9-28(27)45-31/h5-6,8-9,13-14,18,25H,4,7,10-12,15-17,19-23H2,1-3H3,(H,36,40)(H,37,39). The molecule has 1 atom stereocenters. The predicted molar refractivity (Wildman–Crippen MR) is 170 cm³/mol. The van der Waals surface area contributed by atoms with Crippen LogP contribution in [0.2, 0.25) is 0 Å². The van der Waals surface area contributed by atoms with Crippen molar-refractivity contribution >= 4 is 28.8 Å². The summed E-state index contributed by atoms with van der Waals surface area (Å²) in [6, 6.07) is 13.4. The molecule has 2 heterocycles. The van der Waals surface area contributed by atoms with E-state index < -0.39 is 5.41 Å². The zero-order chi connectivity index (χ0) is 31.8. The predicted octanol–water partition coefficient (Wildman–Crippen LogP) is 4.55. The maximum absolute atomic E-state index is 13.6. The summed E-state index contributed by atoms with van der Waals surface area (Å²) in [7, 11) is 1.55. The van der Waals surface area contributed by atoms with Crippen molar-refractivity contribution in [2.75, 3.05) is 46.5 Å². The Balaban J connectivity index is 1.38. The van der Waals surface area contributed by atoms with Crippen molar-refractivity contribution in [3.63, 3.8) is 0 Å². The number of methoxy groups -OCH3 is 1. The van der Waals surface area contributed by atoms with Crippen molar-refractivity contribution in [1.29, 1.82) is 0 Å². The topological polar surface area (TPSA) is 119 Å². The Hall–Kier alpha value is -4.05. The number of para-hydroxylation sites is 1. The number of amides is 2. The Morgan fingerprint density at radius 3 is 2.67 bits per heavy atom. The molecule has 2 aromatic carbocycles. The third kappa shape index (κ3) is 8.36. The summed E-state index contributed by atoms with van der Waals surface area (Å²) in [6.45, 7) is 6.27. The molecule has 0 radical (unpaired) electrons. The van der Waals surface area contributed by atoms with E-state index in [0.29, 0.717) is 69.3 Å². The minimum Gasteiger partial charge on any atom is -0.493 e. The molecule has 2 N–H and O–H groups in total. The number of fused-ring (bicyclic) bond motifs is 3. The number of nitrogens with zero attached hydrogens (tertiary/aromatic N) is 1. The number of aryl methyl sites for hydroxylation is 1. The lowest BCUT2D eigenvalue weighted by molar-refractivity contribution is -0.156. The van der Waals surface area contributed by atoms with Gasteiger partial charge in [0.15, 0.2) is 18.1 Å². The van der Waals surface area contributed by atoms with Crippen molar-refractivity contribution in [3.8, 4) is 11.5 Å². The largest absolute Gasteiger partial charge is 0.493 e. The molecule has 0 spiro atoms. The smallest absolute Gasteiger partial charge is 0.314 e. The molecular formula is C35H45N3O7. The van der Waals surface area contributed by atoms with E-state index in [0.717, 1.165) is 40.7 Å². The van der Waals surface area contributed by atoms with Crippen LogP contribution in [-0.4, -0.2) is 69.2 Å². The average molecular weight is 620 g/mol. The summed E-state index contributed by atoms with van der Waals surface area (Å²) in [4.78, 5) is 41.8. The van der Waals surface area contributed by atoms with E-state index in [1.165, 1.54) is 0 Å². The van der Waals surface area contributed by atoms with Gasteiger partial charge in [-0.2, -0.15) is 0 Å². The summed E-state index contributed by atoms with van der Waals surface area (Å²) in [5.74, 6) is 1.52. The third-order valence-electron chi connectivity index (χ3n) is 8.78. The molecule has 3 aromatic rings. The Kier molecular flexibility index (Phi) is 10.7. The van der Waals surface area contributed by atoms with Crippen LogP contribution in [0.5, 0.6) is 11.5 Å². The van der Waals surface area contributed by atoms with Crippen LogP contribution in [0.25, 0.3) is 11.0 Å². The van der Waals surface area contributed by atoms with Crippen molar-refractivity contribution in [2.24, 2.45) is 11.3 Å². The number of rotatable bonds is 7. The number of hydrogen-bond donors (Lipinski definition) is 2. The zero-order valence-corrected chi connectivity index (χ0v) is 26.6. The summed E-state index contributed by atoms with van der Waals surface area (Å²) in [5, 5.41) is 7.12. The number of carbonyl (C=O) groups excluding carboxylic acids is 3. The number of carbonyl (C=O) groups is 3. The van der Waals surface area contributed by atoms with E-state index in [1.807, 2.05) is 36.4 Å². The molecule has 0 saturated heterocycles. The highest BCUT2D eigenvalue weighted by atomic mass is 16.5. The highest BCUT2D eigenvalue weighted by Gasteiger charge is 2.44. The van der Waals surface area contributed by atoms with E-state index in [2.05, 4.69) is 22.5 Å². The van der Waals surface area contributed by atoms with Gasteiger partial charge in [-0.3, -0.25) is 19.3 Å². The Morgan fingerprint density at radius 2 is 1.91 bits per heavy atom. The lowest BCUT2D eigenvalue weighted by atomic mass is 9.76. The normalized spacial score (nSPS) is 20.8. The van der Waals surface area contributed by atoms with E-state index in [-0.39, 0.29) is 37.5 Å². The average Bonchev–Trinajstić information content (AvgIpc) is 3.79. The summed E-state index contributed by atoms with van der Waals surface area (Å²) in [5.41, 5.74) is 1.84. The molecule has 45 heavy (non-hydrogen) atoms. The maximum Gasteiger partial charge on any atom is 0.314 e. The fourth-order valence-corrected chi connectivity index (χ4v) is 6.14. The molecule has 10 nitrogen and oxygen atoms in total. The molecule has 242 valence electrons. The highest BCUT2D eigenvalue weighted by Crippen LogP contribution is 2.43. The number of benzene rings is 2. The van der Waals surface area contributed by atoms with Crippen LogP contribution in [0, 0.1) is 18.3 Å². The molecule has 1 fully saturated rings. The Morgan fingerprint density at radius 1 is 1.09 bits per heavy atom. The first-order valence-corrected chi connectivity index (χ1v) is 16.0. The quantitative estimate of drug-likeness (QED) is 0.370. The minimum atomic E-state index is -0.924. The van der Waals surface area contributed by atoms with E-state index in [4.69, 9.17) is 18.6 Å². The maximum atomic E-state index is 13.6. The highest BCUT2D eigenvalue weighted by molar-refractivity contribution is 5.82. The molecule has 1 aliphatic heterocycles. The second-order valence-electron chi connectivity index (χ2n) is 12.3. The van der Waals surface area contributed by atoms with Crippen molar-refractivity contribution in [1.82, 2.24) is 15.5 Å². The van der Waals surface area contributed by atoms with Gasteiger partial charge >= 0.3 is 5.97 Å². The molecular weight excluding hydrogens is 574 g/mol. The van der Waals surface area contributed by atoms with Crippen LogP contribution >= 0.6 is 0 Å². The first kappa shape index (κ1) is 32.3. The number of esters is 1. The molecule has 1 saturated carbocycles.